The molecule has 0 unspecified atom stereocenters. The van der Waals surface area contributed by atoms with Crippen molar-refractivity contribution in [3.63, 3.8) is 0 Å². The largest absolute Gasteiger partial charge is 0.348 e. The molecule has 0 radical (unpaired) electrons. The maximum Gasteiger partial charge on any atom is 0.223 e. The van der Waals surface area contributed by atoms with Crippen molar-refractivity contribution in [1.82, 2.24) is 24.3 Å². The smallest absolute Gasteiger partial charge is 0.223 e. The summed E-state index contributed by atoms with van der Waals surface area (Å²) >= 11 is 0. The maximum absolute atomic E-state index is 13.7. The Kier molecular flexibility index (Phi) is 6.25. The highest BCUT2D eigenvalue weighted by Crippen LogP contribution is 2.33. The predicted molar refractivity (Wildman–Crippen MR) is 137 cm³/mol. The first-order valence-corrected chi connectivity index (χ1v) is 11.5. The number of hydrogen-bond acceptors (Lipinski definition) is 5. The minimum absolute atomic E-state index is 0.0406. The summed E-state index contributed by atoms with van der Waals surface area (Å²) in [7, 11) is 4.08. The van der Waals surface area contributed by atoms with Gasteiger partial charge in [0.1, 0.15) is 11.5 Å². The highest BCUT2D eigenvalue weighted by atomic mass is 19.1. The first kappa shape index (κ1) is 22.7. The summed E-state index contributed by atoms with van der Waals surface area (Å²) in [5.74, 6) is 0.249. The van der Waals surface area contributed by atoms with Crippen LogP contribution in [0.15, 0.2) is 85.2 Å². The number of aromatic nitrogens is 4. The van der Waals surface area contributed by atoms with E-state index in [9.17, 15) is 4.39 Å². The predicted octanol–water partition coefficient (Wildman–Crippen LogP) is 5.83. The lowest BCUT2D eigenvalue weighted by Gasteiger charge is -2.15. The fourth-order valence-corrected chi connectivity index (χ4v) is 4.18. The van der Waals surface area contributed by atoms with E-state index in [0.29, 0.717) is 5.95 Å². The van der Waals surface area contributed by atoms with Gasteiger partial charge < -0.3 is 10.2 Å². The number of benzene rings is 2. The second-order valence-corrected chi connectivity index (χ2v) is 8.86. The molecule has 3 aromatic heterocycles. The van der Waals surface area contributed by atoms with Gasteiger partial charge >= 0.3 is 0 Å². The average molecular weight is 467 g/mol. The van der Waals surface area contributed by atoms with Crippen LogP contribution in [0.5, 0.6) is 0 Å². The molecule has 7 heteroatoms. The molecule has 176 valence electrons. The van der Waals surface area contributed by atoms with Crippen molar-refractivity contribution in [2.75, 3.05) is 19.4 Å². The quantitative estimate of drug-likeness (QED) is 0.327. The minimum Gasteiger partial charge on any atom is -0.348 e. The van der Waals surface area contributed by atoms with Gasteiger partial charge in [-0.3, -0.25) is 4.40 Å². The monoisotopic (exact) mass is 466 g/mol. The van der Waals surface area contributed by atoms with Crippen molar-refractivity contribution in [3.05, 3.63) is 102 Å². The third-order valence-corrected chi connectivity index (χ3v) is 5.85. The Balaban J connectivity index is 1.60. The summed E-state index contributed by atoms with van der Waals surface area (Å²) in [5, 5.41) is 3.40. The SMILES string of the molecule is C[C@@H](Nc1nccc(-c2c(-c3ccc(F)cc3)nc3cc(CN(C)C)ccn23)n1)c1ccccc1. The molecule has 0 bridgehead atoms. The molecule has 0 aliphatic rings. The second kappa shape index (κ2) is 9.64. The van der Waals surface area contributed by atoms with Gasteiger partial charge in [0.25, 0.3) is 0 Å². The Bertz CT molecular complexity index is 1440. The number of rotatable bonds is 7. The van der Waals surface area contributed by atoms with E-state index in [-0.39, 0.29) is 11.9 Å². The topological polar surface area (TPSA) is 58.4 Å². The molecule has 1 atom stereocenters. The Morgan fingerprint density at radius 1 is 0.971 bits per heavy atom. The van der Waals surface area contributed by atoms with Crippen LogP contribution in [-0.2, 0) is 6.54 Å². The normalized spacial score (nSPS) is 12.3. The maximum atomic E-state index is 13.7. The van der Waals surface area contributed by atoms with Crippen LogP contribution in [0.3, 0.4) is 0 Å². The Morgan fingerprint density at radius 2 is 1.74 bits per heavy atom. The molecule has 0 aliphatic heterocycles. The van der Waals surface area contributed by atoms with Crippen LogP contribution in [0.2, 0.25) is 0 Å². The van der Waals surface area contributed by atoms with Crippen LogP contribution in [-0.4, -0.2) is 38.3 Å². The van der Waals surface area contributed by atoms with Gasteiger partial charge in [0.15, 0.2) is 0 Å². The van der Waals surface area contributed by atoms with Crippen molar-refractivity contribution in [2.45, 2.75) is 19.5 Å². The van der Waals surface area contributed by atoms with Crippen LogP contribution in [0.25, 0.3) is 28.3 Å². The number of pyridine rings is 1. The minimum atomic E-state index is -0.282. The van der Waals surface area contributed by atoms with E-state index >= 15 is 0 Å². The van der Waals surface area contributed by atoms with E-state index in [1.165, 1.54) is 12.1 Å². The van der Waals surface area contributed by atoms with Crippen molar-refractivity contribution in [2.24, 2.45) is 0 Å². The average Bonchev–Trinajstić information content (AvgIpc) is 3.23. The molecule has 2 aromatic carbocycles. The highest BCUT2D eigenvalue weighted by Gasteiger charge is 2.19. The standard InChI is InChI=1S/C28H27FN6/c1-19(21-7-5-4-6-8-21)31-28-30-15-13-24(32-28)27-26(22-9-11-23(29)12-10-22)33-25-17-20(18-34(2)3)14-16-35(25)27/h4-17,19H,18H2,1-3H3,(H,30,31,32)/t19-/m1/s1. The summed E-state index contributed by atoms with van der Waals surface area (Å²) in [6, 6.07) is 22.7. The van der Waals surface area contributed by atoms with Gasteiger partial charge in [0.2, 0.25) is 5.95 Å². The summed E-state index contributed by atoms with van der Waals surface area (Å²) in [4.78, 5) is 16.3. The van der Waals surface area contributed by atoms with Gasteiger partial charge in [-0.25, -0.2) is 19.3 Å². The van der Waals surface area contributed by atoms with Crippen molar-refractivity contribution < 1.29 is 4.39 Å². The van der Waals surface area contributed by atoms with Crippen LogP contribution >= 0.6 is 0 Å². The molecule has 3 heterocycles. The Morgan fingerprint density at radius 3 is 2.49 bits per heavy atom. The third kappa shape index (κ3) is 4.90. The van der Waals surface area contributed by atoms with Gasteiger partial charge in [-0.2, -0.15) is 0 Å². The van der Waals surface area contributed by atoms with Crippen LogP contribution in [0.4, 0.5) is 10.3 Å². The second-order valence-electron chi connectivity index (χ2n) is 8.86. The molecular weight excluding hydrogens is 439 g/mol. The summed E-state index contributed by atoms with van der Waals surface area (Å²) in [6.45, 7) is 2.89. The molecule has 0 spiro atoms. The van der Waals surface area contributed by atoms with Crippen molar-refractivity contribution >= 4 is 11.6 Å². The van der Waals surface area contributed by atoms with Gasteiger partial charge in [-0.15, -0.1) is 0 Å². The zero-order valence-corrected chi connectivity index (χ0v) is 20.0. The lowest BCUT2D eigenvalue weighted by atomic mass is 10.1. The lowest BCUT2D eigenvalue weighted by molar-refractivity contribution is 0.402. The molecular formula is C28H27FN6. The molecule has 35 heavy (non-hydrogen) atoms. The van der Waals surface area contributed by atoms with Crippen molar-refractivity contribution in [3.8, 4) is 22.6 Å². The summed E-state index contributed by atoms with van der Waals surface area (Å²) in [5.41, 5.74) is 6.25. The fourth-order valence-electron chi connectivity index (χ4n) is 4.18. The number of nitrogens with one attached hydrogen (secondary N) is 1. The first-order chi connectivity index (χ1) is 17.0. The molecule has 1 N–H and O–H groups in total. The number of hydrogen-bond donors (Lipinski definition) is 1. The first-order valence-electron chi connectivity index (χ1n) is 11.5. The molecule has 0 amide bonds. The van der Waals surface area contributed by atoms with Crippen LogP contribution < -0.4 is 5.32 Å². The Labute approximate surface area is 204 Å². The van der Waals surface area contributed by atoms with Crippen LogP contribution in [0.1, 0.15) is 24.1 Å². The van der Waals surface area contributed by atoms with E-state index in [2.05, 4.69) is 46.4 Å². The number of halogens is 1. The Hall–Kier alpha value is -4.10. The van der Waals surface area contributed by atoms with Crippen molar-refractivity contribution in [1.29, 1.82) is 0 Å². The third-order valence-electron chi connectivity index (χ3n) is 5.85. The number of nitrogens with zero attached hydrogens (tertiary/aromatic N) is 5. The molecule has 0 aliphatic carbocycles. The molecule has 0 fully saturated rings. The molecule has 0 saturated carbocycles. The van der Waals surface area contributed by atoms with E-state index in [1.54, 1.807) is 18.3 Å². The fraction of sp³-hybridized carbons (Fsp3) is 0.179. The van der Waals surface area contributed by atoms with Gasteiger partial charge in [-0.05, 0) is 74.6 Å². The number of imidazole rings is 1. The number of fused-ring (bicyclic) bond motifs is 1. The summed E-state index contributed by atoms with van der Waals surface area (Å²) < 4.78 is 15.7. The molecule has 6 nitrogen and oxygen atoms in total. The van der Waals surface area contributed by atoms with E-state index in [0.717, 1.165) is 46.0 Å². The number of anilines is 1. The van der Waals surface area contributed by atoms with E-state index < -0.39 is 0 Å². The van der Waals surface area contributed by atoms with Crippen LogP contribution in [0, 0.1) is 5.82 Å². The van der Waals surface area contributed by atoms with E-state index in [4.69, 9.17) is 9.97 Å². The van der Waals surface area contributed by atoms with E-state index in [1.807, 2.05) is 49.0 Å². The zero-order valence-electron chi connectivity index (χ0n) is 20.0. The molecule has 0 saturated heterocycles. The molecule has 5 aromatic rings. The summed E-state index contributed by atoms with van der Waals surface area (Å²) in [6.07, 6.45) is 3.77. The van der Waals surface area contributed by atoms with Gasteiger partial charge in [0, 0.05) is 24.5 Å². The zero-order chi connectivity index (χ0) is 24.4. The van der Waals surface area contributed by atoms with Gasteiger partial charge in [-0.1, -0.05) is 30.3 Å². The lowest BCUT2D eigenvalue weighted by Crippen LogP contribution is -2.11. The highest BCUT2D eigenvalue weighted by molar-refractivity contribution is 5.80. The molecule has 5 rings (SSSR count). The van der Waals surface area contributed by atoms with Gasteiger partial charge in [0.05, 0.1) is 23.1 Å².